The topological polar surface area (TPSA) is 34.1 Å². The van der Waals surface area contributed by atoms with Crippen LogP contribution < -0.4 is 0 Å². The molecule has 0 bridgehead atoms. The van der Waals surface area contributed by atoms with Gasteiger partial charge in [-0.2, -0.15) is 0 Å². The van der Waals surface area contributed by atoms with E-state index in [1.807, 2.05) is 0 Å². The highest BCUT2D eigenvalue weighted by Crippen LogP contribution is 2.66. The molecule has 3 saturated carbocycles. The van der Waals surface area contributed by atoms with Gasteiger partial charge in [-0.3, -0.25) is 9.59 Å². The molecule has 0 N–H and O–H groups in total. The van der Waals surface area contributed by atoms with Crippen LogP contribution in [0.5, 0.6) is 0 Å². The SMILES string of the molecule is C=C1C[C@@H]2[C@H](CC[C@]3(C)C(=O)CC[C@@H]23)[C@@]2(C)CC(Br)C(=O)C(F)=C12. The molecule has 0 radical (unpaired) electrons. The Hall–Kier alpha value is -0.770. The zero-order valence-corrected chi connectivity index (χ0v) is 15.9. The molecule has 4 rings (SSSR count). The molecule has 4 aliphatic carbocycles. The number of carbonyl (C=O) groups excluding carboxylic acids is 2. The molecule has 4 heteroatoms. The van der Waals surface area contributed by atoms with Crippen LogP contribution in [0.2, 0.25) is 0 Å². The zero-order chi connectivity index (χ0) is 17.4. The van der Waals surface area contributed by atoms with Crippen LogP contribution in [0.4, 0.5) is 4.39 Å². The van der Waals surface area contributed by atoms with E-state index in [4.69, 9.17) is 0 Å². The number of carbonyl (C=O) groups is 2. The van der Waals surface area contributed by atoms with Crippen LogP contribution in [-0.2, 0) is 9.59 Å². The van der Waals surface area contributed by atoms with Gasteiger partial charge >= 0.3 is 0 Å². The van der Waals surface area contributed by atoms with Gasteiger partial charge in [-0.25, -0.2) is 4.39 Å². The van der Waals surface area contributed by atoms with Gasteiger partial charge in [-0.15, -0.1) is 0 Å². The Kier molecular flexibility index (Phi) is 3.56. The van der Waals surface area contributed by atoms with E-state index in [0.29, 0.717) is 42.0 Å². The van der Waals surface area contributed by atoms with Gasteiger partial charge in [0.05, 0.1) is 4.83 Å². The monoisotopic (exact) mass is 394 g/mol. The summed E-state index contributed by atoms with van der Waals surface area (Å²) in [6, 6.07) is 0. The van der Waals surface area contributed by atoms with Crippen molar-refractivity contribution in [3.63, 3.8) is 0 Å². The number of rotatable bonds is 0. The molecule has 0 aromatic heterocycles. The minimum atomic E-state index is -0.579. The lowest BCUT2D eigenvalue weighted by Gasteiger charge is -2.57. The van der Waals surface area contributed by atoms with E-state index in [9.17, 15) is 14.0 Å². The van der Waals surface area contributed by atoms with Crippen molar-refractivity contribution in [1.29, 1.82) is 0 Å². The summed E-state index contributed by atoms with van der Waals surface area (Å²) in [5.41, 5.74) is 0.819. The number of ketones is 2. The molecule has 0 heterocycles. The number of fused-ring (bicyclic) bond motifs is 5. The fourth-order valence-corrected chi connectivity index (χ4v) is 7.37. The molecule has 0 spiro atoms. The molecular weight excluding hydrogens is 371 g/mol. The number of allylic oxidation sites excluding steroid dienone is 2. The van der Waals surface area contributed by atoms with Crippen molar-refractivity contribution in [1.82, 2.24) is 0 Å². The molecule has 0 amide bonds. The standard InChI is InChI=1S/C20H24BrFO2/c1-10-8-11-12-4-5-15(23)19(12,2)7-6-13(11)20(3)9-14(21)18(24)17(22)16(10)20/h11-14H,1,4-9H2,2-3H3/t11-,12-,13-,14?,19-,20+/m0/s1. The van der Waals surface area contributed by atoms with Crippen molar-refractivity contribution >= 4 is 27.5 Å². The normalized spacial score (nSPS) is 48.2. The van der Waals surface area contributed by atoms with Gasteiger partial charge < -0.3 is 0 Å². The first kappa shape index (κ1) is 16.7. The summed E-state index contributed by atoms with van der Waals surface area (Å²) in [5.74, 6) is 0.501. The van der Waals surface area contributed by atoms with Gasteiger partial charge in [0, 0.05) is 22.8 Å². The average Bonchev–Trinajstić information content (AvgIpc) is 2.80. The Labute approximate surface area is 151 Å². The van der Waals surface area contributed by atoms with Gasteiger partial charge in [0.1, 0.15) is 5.78 Å². The molecule has 1 unspecified atom stereocenters. The van der Waals surface area contributed by atoms with E-state index >= 15 is 0 Å². The van der Waals surface area contributed by atoms with Crippen LogP contribution in [0.1, 0.15) is 52.4 Å². The molecule has 0 saturated heterocycles. The van der Waals surface area contributed by atoms with E-state index in [2.05, 4.69) is 36.4 Å². The van der Waals surface area contributed by atoms with Gasteiger partial charge in [-0.1, -0.05) is 36.4 Å². The minimum absolute atomic E-state index is 0.199. The summed E-state index contributed by atoms with van der Waals surface area (Å²) in [6.45, 7) is 8.40. The Morgan fingerprint density at radius 3 is 2.54 bits per heavy atom. The van der Waals surface area contributed by atoms with Crippen molar-refractivity contribution in [2.75, 3.05) is 0 Å². The summed E-state index contributed by atoms with van der Waals surface area (Å²) in [4.78, 5) is 24.1. The largest absolute Gasteiger partial charge is 0.299 e. The van der Waals surface area contributed by atoms with Crippen molar-refractivity contribution in [2.24, 2.45) is 28.6 Å². The smallest absolute Gasteiger partial charge is 0.205 e. The van der Waals surface area contributed by atoms with Crippen molar-refractivity contribution in [2.45, 2.75) is 57.2 Å². The third kappa shape index (κ3) is 1.92. The number of alkyl halides is 1. The van der Waals surface area contributed by atoms with E-state index < -0.39 is 16.4 Å². The summed E-state index contributed by atoms with van der Waals surface area (Å²) in [7, 11) is 0. The summed E-state index contributed by atoms with van der Waals surface area (Å²) in [5, 5.41) is 0. The molecule has 130 valence electrons. The second-order valence-electron chi connectivity index (χ2n) is 8.74. The van der Waals surface area contributed by atoms with Gasteiger partial charge in [-0.05, 0) is 55.4 Å². The maximum Gasteiger partial charge on any atom is 0.205 e. The lowest BCUT2D eigenvalue weighted by Crippen LogP contribution is -2.52. The predicted molar refractivity (Wildman–Crippen MR) is 94.4 cm³/mol. The van der Waals surface area contributed by atoms with E-state index in [1.54, 1.807) is 0 Å². The number of halogens is 2. The van der Waals surface area contributed by atoms with Crippen molar-refractivity contribution < 1.29 is 14.0 Å². The quantitative estimate of drug-likeness (QED) is 0.546. The molecule has 0 aromatic rings. The summed E-state index contributed by atoms with van der Waals surface area (Å²) in [6.07, 6.45) is 4.85. The first-order chi connectivity index (χ1) is 11.2. The molecule has 24 heavy (non-hydrogen) atoms. The number of hydrogen-bond donors (Lipinski definition) is 0. The average molecular weight is 395 g/mol. The molecular formula is C20H24BrFO2. The highest BCUT2D eigenvalue weighted by molar-refractivity contribution is 9.10. The van der Waals surface area contributed by atoms with E-state index in [1.165, 1.54) is 0 Å². The van der Waals surface area contributed by atoms with Crippen molar-refractivity contribution in [3.8, 4) is 0 Å². The second-order valence-corrected chi connectivity index (χ2v) is 9.85. The molecule has 4 aliphatic rings. The third-order valence-corrected chi connectivity index (χ3v) is 8.43. The van der Waals surface area contributed by atoms with Crippen LogP contribution >= 0.6 is 15.9 Å². The Balaban J connectivity index is 1.81. The first-order valence-corrected chi connectivity index (χ1v) is 9.91. The Morgan fingerprint density at radius 2 is 1.83 bits per heavy atom. The predicted octanol–water partition coefficient (Wildman–Crippen LogP) is 4.92. The van der Waals surface area contributed by atoms with Gasteiger partial charge in [0.25, 0.3) is 0 Å². The maximum absolute atomic E-state index is 14.8. The van der Waals surface area contributed by atoms with Crippen LogP contribution in [0.3, 0.4) is 0 Å². The maximum atomic E-state index is 14.8. The Bertz CT molecular complexity index is 696. The molecule has 0 aliphatic heterocycles. The van der Waals surface area contributed by atoms with E-state index in [-0.39, 0.29) is 10.8 Å². The molecule has 0 aromatic carbocycles. The third-order valence-electron chi connectivity index (χ3n) is 7.69. The fourth-order valence-electron chi connectivity index (χ4n) is 6.50. The second kappa shape index (κ2) is 5.12. The van der Waals surface area contributed by atoms with Crippen LogP contribution in [0.15, 0.2) is 23.6 Å². The van der Waals surface area contributed by atoms with E-state index in [0.717, 1.165) is 31.3 Å². The number of Topliss-reactive ketones (excluding diaryl/α,β-unsaturated/α-hetero) is 2. The summed E-state index contributed by atoms with van der Waals surface area (Å²) >= 11 is 3.40. The van der Waals surface area contributed by atoms with Gasteiger partial charge in [0.2, 0.25) is 5.78 Å². The number of hydrogen-bond acceptors (Lipinski definition) is 2. The van der Waals surface area contributed by atoms with Crippen LogP contribution in [0, 0.1) is 28.6 Å². The Morgan fingerprint density at radius 1 is 1.17 bits per heavy atom. The minimum Gasteiger partial charge on any atom is -0.299 e. The molecule has 2 nitrogen and oxygen atoms in total. The van der Waals surface area contributed by atoms with Gasteiger partial charge in [0.15, 0.2) is 5.83 Å². The van der Waals surface area contributed by atoms with Crippen molar-refractivity contribution in [3.05, 3.63) is 23.6 Å². The fraction of sp³-hybridized carbons (Fsp3) is 0.700. The summed E-state index contributed by atoms with van der Waals surface area (Å²) < 4.78 is 14.8. The highest BCUT2D eigenvalue weighted by Gasteiger charge is 2.61. The zero-order valence-electron chi connectivity index (χ0n) is 14.3. The lowest BCUT2D eigenvalue weighted by atomic mass is 9.46. The lowest BCUT2D eigenvalue weighted by molar-refractivity contribution is -0.132. The van der Waals surface area contributed by atoms with Crippen LogP contribution in [0.25, 0.3) is 0 Å². The molecule has 6 atom stereocenters. The first-order valence-electron chi connectivity index (χ1n) is 9.00. The highest BCUT2D eigenvalue weighted by atomic mass is 79.9. The molecule has 3 fully saturated rings. The van der Waals surface area contributed by atoms with Crippen LogP contribution in [-0.4, -0.2) is 16.4 Å².